The van der Waals surface area contributed by atoms with Crippen molar-refractivity contribution in [3.63, 3.8) is 0 Å². The highest BCUT2D eigenvalue weighted by Gasteiger charge is 2.30. The first-order valence-corrected chi connectivity index (χ1v) is 31.8. The van der Waals surface area contributed by atoms with Crippen molar-refractivity contribution in [2.75, 3.05) is 132 Å². The van der Waals surface area contributed by atoms with Crippen LogP contribution in [0.1, 0.15) is 150 Å². The van der Waals surface area contributed by atoms with Gasteiger partial charge in [0.15, 0.2) is 0 Å². The highest BCUT2D eigenvalue weighted by molar-refractivity contribution is 5.81. The summed E-state index contributed by atoms with van der Waals surface area (Å²) >= 11 is 0. The molecule has 0 radical (unpaired) electrons. The summed E-state index contributed by atoms with van der Waals surface area (Å²) in [6.07, 6.45) is 28.1. The first kappa shape index (κ1) is 74.8. The number of nitrogens with one attached hydrogen (secondary N) is 1. The fraction of sp³-hybridized carbons (Fsp3) is 0.815. The summed E-state index contributed by atoms with van der Waals surface area (Å²) in [5, 5.41) is 13.8. The molecule has 0 aromatic carbocycles. The maximum Gasteiger partial charge on any atom is 0.407 e. The number of amides is 1. The summed E-state index contributed by atoms with van der Waals surface area (Å²) in [6.45, 7) is 20.5. The molecule has 1 amide bonds. The normalized spacial score (nSPS) is 21.5. The number of hydrogen-bond acceptors (Lipinski definition) is 18. The molecule has 0 aromatic rings. The van der Waals surface area contributed by atoms with Gasteiger partial charge in [-0.05, 0) is 133 Å². The Hall–Kier alpha value is -3.44. The number of aldehydes is 1. The average molecular weight is 1190 g/mol. The summed E-state index contributed by atoms with van der Waals surface area (Å²) in [6, 6.07) is 0. The van der Waals surface area contributed by atoms with Gasteiger partial charge in [-0.2, -0.15) is 0 Å². The van der Waals surface area contributed by atoms with Crippen molar-refractivity contribution < 1.29 is 81.1 Å². The molecule has 19 heteroatoms. The summed E-state index contributed by atoms with van der Waals surface area (Å²) in [4.78, 5) is 49.9. The van der Waals surface area contributed by atoms with Gasteiger partial charge in [0.25, 0.3) is 6.47 Å². The van der Waals surface area contributed by atoms with Gasteiger partial charge in [-0.25, -0.2) is 4.79 Å². The fourth-order valence-electron chi connectivity index (χ4n) is 10.8. The number of aliphatic hydroxyl groups is 1. The number of rotatable bonds is 51. The zero-order valence-corrected chi connectivity index (χ0v) is 52.5. The molecule has 1 saturated carbocycles. The molecule has 484 valence electrons. The molecule has 3 rings (SSSR count). The van der Waals surface area contributed by atoms with Crippen LogP contribution in [0.3, 0.4) is 0 Å². The third-order valence-corrected chi connectivity index (χ3v) is 15.8. The van der Waals surface area contributed by atoms with Crippen molar-refractivity contribution in [2.45, 2.75) is 187 Å². The van der Waals surface area contributed by atoms with Crippen molar-refractivity contribution in [1.82, 2.24) is 10.2 Å². The number of piperidine rings is 1. The van der Waals surface area contributed by atoms with Crippen molar-refractivity contribution in [2.24, 2.45) is 23.7 Å². The van der Waals surface area contributed by atoms with Crippen LogP contribution in [-0.4, -0.2) is 204 Å². The van der Waals surface area contributed by atoms with E-state index in [-0.39, 0.29) is 60.6 Å². The zero-order valence-electron chi connectivity index (χ0n) is 52.5. The van der Waals surface area contributed by atoms with E-state index in [0.29, 0.717) is 144 Å². The Morgan fingerprint density at radius 1 is 0.655 bits per heavy atom. The van der Waals surface area contributed by atoms with Gasteiger partial charge in [-0.3, -0.25) is 14.5 Å². The summed E-state index contributed by atoms with van der Waals surface area (Å²) in [5.74, 6) is 0.669. The number of carbonyl (C=O) groups is 4. The molecule has 2 N–H and O–H groups in total. The quantitative estimate of drug-likeness (QED) is 0.0251. The highest BCUT2D eigenvalue weighted by Crippen LogP contribution is 2.32. The number of Topliss-reactive ketones (excluding diaryl/α,β-unsaturated/α-hetero) is 1. The topological polar surface area (TPSA) is 215 Å². The molecular formula is C65H112N2O17. The Kier molecular flexibility index (Phi) is 44.1. The first-order valence-electron chi connectivity index (χ1n) is 31.8. The number of allylic oxidation sites excluding steroid dienone is 6. The van der Waals surface area contributed by atoms with Crippen LogP contribution in [-0.2, 0) is 71.2 Å². The van der Waals surface area contributed by atoms with E-state index in [2.05, 4.69) is 49.2 Å². The molecule has 0 aromatic heterocycles. The molecule has 0 spiro atoms. The van der Waals surface area contributed by atoms with Crippen LogP contribution in [0.15, 0.2) is 47.6 Å². The van der Waals surface area contributed by atoms with Gasteiger partial charge >= 0.3 is 6.09 Å². The molecule has 3 fully saturated rings. The minimum absolute atomic E-state index is 0.0124. The molecule has 0 bridgehead atoms. The van der Waals surface area contributed by atoms with Gasteiger partial charge in [-0.1, -0.05) is 63.6 Å². The van der Waals surface area contributed by atoms with E-state index in [4.69, 9.17) is 56.8 Å². The molecule has 84 heavy (non-hydrogen) atoms. The smallest absolute Gasteiger partial charge is 0.407 e. The van der Waals surface area contributed by atoms with Crippen LogP contribution >= 0.6 is 0 Å². The Bertz CT molecular complexity index is 1800. The lowest BCUT2D eigenvalue weighted by atomic mass is 9.83. The number of methoxy groups -OCH3 is 1. The van der Waals surface area contributed by atoms with E-state index < -0.39 is 12.2 Å². The second kappa shape index (κ2) is 49.5. The highest BCUT2D eigenvalue weighted by atomic mass is 16.6. The molecule has 8 unspecified atom stereocenters. The molecule has 3 aliphatic rings. The van der Waals surface area contributed by atoms with Crippen molar-refractivity contribution >= 4 is 24.6 Å². The molecule has 8 atom stereocenters. The van der Waals surface area contributed by atoms with E-state index in [1.807, 2.05) is 32.1 Å². The van der Waals surface area contributed by atoms with E-state index in [1.165, 1.54) is 31.3 Å². The van der Waals surface area contributed by atoms with Gasteiger partial charge in [-0.15, -0.1) is 0 Å². The fourth-order valence-corrected chi connectivity index (χ4v) is 10.8. The number of aliphatic hydroxyl groups excluding tert-OH is 1. The van der Waals surface area contributed by atoms with Crippen molar-refractivity contribution in [3.05, 3.63) is 47.6 Å². The van der Waals surface area contributed by atoms with Crippen molar-refractivity contribution in [1.29, 1.82) is 0 Å². The minimum Gasteiger partial charge on any atom is -0.465 e. The molecule has 2 heterocycles. The number of carbonyl (C=O) groups excluding carboxylic acids is 4. The largest absolute Gasteiger partial charge is 0.465 e. The number of alkyl carbamates (subject to hydrolysis) is 1. The van der Waals surface area contributed by atoms with Gasteiger partial charge in [0.1, 0.15) is 30.5 Å². The Morgan fingerprint density at radius 2 is 1.24 bits per heavy atom. The van der Waals surface area contributed by atoms with E-state index >= 15 is 0 Å². The van der Waals surface area contributed by atoms with Crippen LogP contribution in [0.25, 0.3) is 0 Å². The Labute approximate surface area is 504 Å². The van der Waals surface area contributed by atoms with Gasteiger partial charge < -0.3 is 72.1 Å². The van der Waals surface area contributed by atoms with Crippen LogP contribution in [0.4, 0.5) is 4.79 Å². The van der Waals surface area contributed by atoms with Crippen LogP contribution in [0.5, 0.6) is 0 Å². The maximum atomic E-state index is 13.2. The van der Waals surface area contributed by atoms with Crippen LogP contribution in [0, 0.1) is 23.7 Å². The SMILES string of the molecule is COC(CC1CCCC(N2CCCCC2)O1)/C(C)=C/C=C/C=C/C(C)CC(C)C(=O)CC(O)/C(C)=C/C(C)CCC(CCC1CCC(OC(=O)NCCOCCOCCOCCOCCOCCOCCOCCOCCC=O)CC1)OC=O. The van der Waals surface area contributed by atoms with E-state index in [1.54, 1.807) is 7.11 Å². The van der Waals surface area contributed by atoms with Gasteiger partial charge in [0.2, 0.25) is 0 Å². The zero-order chi connectivity index (χ0) is 60.7. The number of nitrogens with zero attached hydrogens (tertiary/aromatic N) is 1. The second-order valence-corrected chi connectivity index (χ2v) is 22.9. The lowest BCUT2D eigenvalue weighted by Gasteiger charge is -2.40. The third kappa shape index (κ3) is 37.3. The summed E-state index contributed by atoms with van der Waals surface area (Å²) in [5.41, 5.74) is 1.96. The minimum atomic E-state index is -0.842. The Morgan fingerprint density at radius 3 is 1.81 bits per heavy atom. The second-order valence-electron chi connectivity index (χ2n) is 22.9. The number of hydrogen-bond donors (Lipinski definition) is 2. The number of likely N-dealkylation sites (tertiary alicyclic amines) is 1. The molecule has 2 saturated heterocycles. The third-order valence-electron chi connectivity index (χ3n) is 15.8. The average Bonchev–Trinajstić information content (AvgIpc) is 3.55. The van der Waals surface area contributed by atoms with E-state index in [0.717, 1.165) is 89.2 Å². The first-order chi connectivity index (χ1) is 40.9. The van der Waals surface area contributed by atoms with Crippen LogP contribution < -0.4 is 5.32 Å². The lowest BCUT2D eigenvalue weighted by molar-refractivity contribution is -0.142. The Balaban J connectivity index is 1.15. The number of ketones is 1. The van der Waals surface area contributed by atoms with Crippen molar-refractivity contribution in [3.8, 4) is 0 Å². The van der Waals surface area contributed by atoms with Crippen LogP contribution in [0.2, 0.25) is 0 Å². The van der Waals surface area contributed by atoms with E-state index in [9.17, 15) is 24.3 Å². The maximum absolute atomic E-state index is 13.2. The lowest BCUT2D eigenvalue weighted by Crippen LogP contribution is -2.45. The van der Waals surface area contributed by atoms with Gasteiger partial charge in [0, 0.05) is 51.9 Å². The van der Waals surface area contributed by atoms with Gasteiger partial charge in [0.05, 0.1) is 124 Å². The predicted molar refractivity (Wildman–Crippen MR) is 324 cm³/mol. The molecular weight excluding hydrogens is 1080 g/mol. The molecule has 19 nitrogen and oxygen atoms in total. The molecule has 1 aliphatic carbocycles. The summed E-state index contributed by atoms with van der Waals surface area (Å²) < 4.78 is 67.3. The standard InChI is InChI=1S/C65H112N2O17/c1-52(15-9-7-10-16-54(3)63(73-6)49-60-17-13-18-64(83-60)67-28-11-8-12-29-67)47-55(4)61(70)50-62(71)56(5)48-53(2)19-23-58(82-51-69)24-20-57-21-25-59(26-22-57)84-65(72)66-27-32-75-34-36-77-38-40-79-42-44-81-46-45-80-43-41-78-39-37-76-35-33-74-31-14-30-68/h7,9-10,15-16,30,48,51-53,55,57-60,62-64,71H,8,11-14,17-29,31-47,49-50H2,1-6H3,(H,66,72)/b10-7+,15-9+,54-16+,56-48+. The predicted octanol–water partition coefficient (Wildman–Crippen LogP) is 9.50. The molecule has 2 aliphatic heterocycles. The summed E-state index contributed by atoms with van der Waals surface area (Å²) in [7, 11) is 1.78. The number of ether oxygens (including phenoxy) is 12. The monoisotopic (exact) mass is 1190 g/mol.